The number of carbonyl (C=O) groups excluding carboxylic acids is 2. The number of nitrogens with zero attached hydrogens (tertiary/aromatic N) is 3. The second kappa shape index (κ2) is 10.7. The van der Waals surface area contributed by atoms with Gasteiger partial charge in [0.25, 0.3) is 5.91 Å². The fraction of sp³-hybridized carbons (Fsp3) is 0.241. The lowest BCUT2D eigenvalue weighted by Gasteiger charge is -2.23. The number of aryl methyl sites for hydroxylation is 2. The third kappa shape index (κ3) is 5.49. The van der Waals surface area contributed by atoms with Crippen LogP contribution in [0.3, 0.4) is 0 Å². The van der Waals surface area contributed by atoms with Crippen molar-refractivity contribution in [1.82, 2.24) is 5.01 Å². The van der Waals surface area contributed by atoms with Gasteiger partial charge in [-0.2, -0.15) is 10.1 Å². The normalized spacial score (nSPS) is 19.1. The van der Waals surface area contributed by atoms with Gasteiger partial charge in [-0.05, 0) is 47.7 Å². The average molecular weight is 515 g/mol. The molecule has 2 atom stereocenters. The predicted molar refractivity (Wildman–Crippen MR) is 146 cm³/mol. The molecule has 8 heteroatoms. The van der Waals surface area contributed by atoms with Crippen molar-refractivity contribution in [2.45, 2.75) is 44.4 Å². The van der Waals surface area contributed by atoms with Crippen LogP contribution in [-0.4, -0.2) is 33.0 Å². The van der Waals surface area contributed by atoms with E-state index in [4.69, 9.17) is 5.10 Å². The molecule has 1 N–H and O–H groups in total. The van der Waals surface area contributed by atoms with Crippen LogP contribution >= 0.6 is 11.8 Å². The third-order valence-electron chi connectivity index (χ3n) is 6.54. The number of thioether (sulfide) groups is 1. The molecule has 2 aliphatic heterocycles. The summed E-state index contributed by atoms with van der Waals surface area (Å²) in [6.45, 7) is 3.78. The number of benzene rings is 3. The Labute approximate surface area is 219 Å². The van der Waals surface area contributed by atoms with Crippen LogP contribution in [-0.2, 0) is 16.0 Å². The summed E-state index contributed by atoms with van der Waals surface area (Å²) in [4.78, 5) is 29.7. The number of halogens is 1. The second-order valence-electron chi connectivity index (χ2n) is 9.13. The van der Waals surface area contributed by atoms with Gasteiger partial charge in [0.05, 0.1) is 11.8 Å². The monoisotopic (exact) mass is 514 g/mol. The highest BCUT2D eigenvalue weighted by Gasteiger charge is 2.39. The molecule has 0 unspecified atom stereocenters. The minimum atomic E-state index is -0.663. The Hall–Kier alpha value is -3.78. The molecule has 0 saturated heterocycles. The van der Waals surface area contributed by atoms with Crippen molar-refractivity contribution < 1.29 is 14.0 Å². The summed E-state index contributed by atoms with van der Waals surface area (Å²) < 4.78 is 13.8. The Morgan fingerprint density at radius 1 is 1.11 bits per heavy atom. The number of amidine groups is 1. The molecule has 0 saturated carbocycles. The Balaban J connectivity index is 1.34. The molecule has 3 aromatic rings. The fourth-order valence-corrected chi connectivity index (χ4v) is 5.44. The maximum atomic E-state index is 13.8. The molecule has 5 rings (SSSR count). The van der Waals surface area contributed by atoms with E-state index in [1.54, 1.807) is 19.1 Å². The van der Waals surface area contributed by atoms with Crippen LogP contribution in [0, 0.1) is 12.7 Å². The number of rotatable bonds is 6. The van der Waals surface area contributed by atoms with Gasteiger partial charge in [0, 0.05) is 18.5 Å². The van der Waals surface area contributed by atoms with Crippen LogP contribution in [0.25, 0.3) is 0 Å². The smallest absolute Gasteiger partial charge is 0.262 e. The van der Waals surface area contributed by atoms with Crippen LogP contribution in [0.2, 0.25) is 0 Å². The molecule has 2 heterocycles. The maximum Gasteiger partial charge on any atom is 0.262 e. The minimum absolute atomic E-state index is 0.0645. The number of amides is 2. The maximum absolute atomic E-state index is 13.8. The Bertz CT molecular complexity index is 1390. The molecule has 0 aliphatic carbocycles. The standard InChI is InChI=1S/C29H27FN4O2S/c1-3-19-10-12-21(13-11-19)25-16-24(20-7-5-4-6-8-20)33-34(25)29-32-28(36)26(37-29)17-27(35)31-22-14-9-18(2)23(30)15-22/h4-15,25-26H,3,16-17H2,1-2H3,(H,31,35)/t25-,26+/m0/s1. The average Bonchev–Trinajstić information content (AvgIpc) is 3.51. The van der Waals surface area contributed by atoms with Gasteiger partial charge in [-0.25, -0.2) is 9.40 Å². The highest BCUT2D eigenvalue weighted by molar-refractivity contribution is 8.15. The summed E-state index contributed by atoms with van der Waals surface area (Å²) in [6, 6.07) is 22.8. The molecule has 0 bridgehead atoms. The summed E-state index contributed by atoms with van der Waals surface area (Å²) in [5, 5.41) is 9.20. The highest BCUT2D eigenvalue weighted by Crippen LogP contribution is 2.38. The summed E-state index contributed by atoms with van der Waals surface area (Å²) >= 11 is 1.25. The molecule has 37 heavy (non-hydrogen) atoms. The van der Waals surface area contributed by atoms with Gasteiger partial charge in [-0.15, -0.1) is 0 Å². The predicted octanol–water partition coefficient (Wildman–Crippen LogP) is 5.87. The number of nitrogens with one attached hydrogen (secondary N) is 1. The summed E-state index contributed by atoms with van der Waals surface area (Å²) in [6.07, 6.45) is 1.56. The van der Waals surface area contributed by atoms with Crippen molar-refractivity contribution >= 4 is 40.1 Å². The SMILES string of the molecule is CCc1ccc([C@@H]2CC(c3ccccc3)=NN2C2=NC(=O)[C@@H](CC(=O)Nc3ccc(C)c(F)c3)S2)cc1. The Kier molecular flexibility index (Phi) is 7.19. The Morgan fingerprint density at radius 2 is 1.86 bits per heavy atom. The van der Waals surface area contributed by atoms with Gasteiger partial charge in [0.15, 0.2) is 5.17 Å². The minimum Gasteiger partial charge on any atom is -0.326 e. The van der Waals surface area contributed by atoms with Crippen LogP contribution < -0.4 is 5.32 Å². The lowest BCUT2D eigenvalue weighted by Crippen LogP contribution is -2.25. The zero-order valence-corrected chi connectivity index (χ0v) is 21.5. The van der Waals surface area contributed by atoms with Gasteiger partial charge in [-0.3, -0.25) is 9.59 Å². The van der Waals surface area contributed by atoms with Gasteiger partial charge in [0.2, 0.25) is 5.91 Å². The van der Waals surface area contributed by atoms with E-state index < -0.39 is 11.1 Å². The highest BCUT2D eigenvalue weighted by atomic mass is 32.2. The number of carbonyl (C=O) groups is 2. The fourth-order valence-electron chi connectivity index (χ4n) is 4.38. The van der Waals surface area contributed by atoms with Crippen molar-refractivity contribution in [1.29, 1.82) is 0 Å². The first-order valence-corrected chi connectivity index (χ1v) is 13.2. The molecule has 0 fully saturated rings. The second-order valence-corrected chi connectivity index (χ2v) is 10.3. The molecular weight excluding hydrogens is 487 g/mol. The van der Waals surface area contributed by atoms with Gasteiger partial charge >= 0.3 is 0 Å². The number of aliphatic imine (C=N–C) groups is 1. The summed E-state index contributed by atoms with van der Waals surface area (Å²) in [7, 11) is 0. The van der Waals surface area contributed by atoms with E-state index in [9.17, 15) is 14.0 Å². The number of hydrazone groups is 1. The topological polar surface area (TPSA) is 74.1 Å². The quantitative estimate of drug-likeness (QED) is 0.446. The molecule has 0 spiro atoms. The van der Waals surface area contributed by atoms with Gasteiger partial charge in [0.1, 0.15) is 11.1 Å². The van der Waals surface area contributed by atoms with E-state index in [0.29, 0.717) is 22.8 Å². The van der Waals surface area contributed by atoms with Crippen molar-refractivity contribution in [3.05, 3.63) is 101 Å². The van der Waals surface area contributed by atoms with E-state index >= 15 is 0 Å². The lowest BCUT2D eigenvalue weighted by atomic mass is 9.97. The number of hydrogen-bond acceptors (Lipinski definition) is 5. The van der Waals surface area contributed by atoms with Crippen molar-refractivity contribution in [2.75, 3.05) is 5.32 Å². The molecule has 3 aromatic carbocycles. The summed E-state index contributed by atoms with van der Waals surface area (Å²) in [5.74, 6) is -1.13. The largest absolute Gasteiger partial charge is 0.326 e. The van der Waals surface area contributed by atoms with E-state index in [1.165, 1.54) is 23.4 Å². The summed E-state index contributed by atoms with van der Waals surface area (Å²) in [5.41, 5.74) is 5.14. The van der Waals surface area contributed by atoms with Crippen molar-refractivity contribution in [3.63, 3.8) is 0 Å². The molecule has 2 aliphatic rings. The van der Waals surface area contributed by atoms with Crippen LogP contribution in [0.5, 0.6) is 0 Å². The molecule has 2 amide bonds. The van der Waals surface area contributed by atoms with E-state index in [2.05, 4.69) is 41.5 Å². The Morgan fingerprint density at radius 3 is 2.57 bits per heavy atom. The molecule has 188 valence electrons. The van der Waals surface area contributed by atoms with Crippen molar-refractivity contribution in [2.24, 2.45) is 10.1 Å². The first-order chi connectivity index (χ1) is 17.9. The van der Waals surface area contributed by atoms with Crippen molar-refractivity contribution in [3.8, 4) is 0 Å². The zero-order valence-electron chi connectivity index (χ0n) is 20.6. The molecular formula is C29H27FN4O2S. The first kappa shape index (κ1) is 24.9. The van der Waals surface area contributed by atoms with Gasteiger partial charge in [-0.1, -0.05) is 79.3 Å². The van der Waals surface area contributed by atoms with E-state index in [0.717, 1.165) is 23.3 Å². The van der Waals surface area contributed by atoms with E-state index in [1.807, 2.05) is 35.3 Å². The molecule has 0 radical (unpaired) electrons. The number of hydrogen-bond donors (Lipinski definition) is 1. The third-order valence-corrected chi connectivity index (χ3v) is 7.68. The molecule has 0 aromatic heterocycles. The van der Waals surface area contributed by atoms with Crippen LogP contribution in [0.1, 0.15) is 48.1 Å². The number of anilines is 1. The van der Waals surface area contributed by atoms with Gasteiger partial charge < -0.3 is 5.32 Å². The zero-order chi connectivity index (χ0) is 25.9. The van der Waals surface area contributed by atoms with Crippen LogP contribution in [0.15, 0.2) is 82.9 Å². The first-order valence-electron chi connectivity index (χ1n) is 12.3. The molecule has 6 nitrogen and oxygen atoms in total. The van der Waals surface area contributed by atoms with Crippen LogP contribution in [0.4, 0.5) is 10.1 Å². The van der Waals surface area contributed by atoms with E-state index in [-0.39, 0.29) is 24.3 Å². The lowest BCUT2D eigenvalue weighted by molar-refractivity contribution is -0.121.